The van der Waals surface area contributed by atoms with E-state index in [9.17, 15) is 10.2 Å². The fourth-order valence-corrected chi connectivity index (χ4v) is 2.77. The van der Waals surface area contributed by atoms with Crippen LogP contribution in [0.3, 0.4) is 0 Å². The number of nitrogens with two attached hydrogens (primary N) is 1. The van der Waals surface area contributed by atoms with Gasteiger partial charge >= 0.3 is 0 Å². The van der Waals surface area contributed by atoms with Gasteiger partial charge in [0, 0.05) is 36.4 Å². The molecule has 2 aromatic heterocycles. The Morgan fingerprint density at radius 2 is 2.26 bits per heavy atom. The van der Waals surface area contributed by atoms with Gasteiger partial charge in [0.25, 0.3) is 0 Å². The smallest absolute Gasteiger partial charge is 0.240 e. The lowest BCUT2D eigenvalue weighted by Crippen LogP contribution is -2.23. The molecule has 0 bridgehead atoms. The van der Waals surface area contributed by atoms with Gasteiger partial charge in [0.1, 0.15) is 12.4 Å². The molecule has 3 rings (SSSR count). The highest BCUT2D eigenvalue weighted by Crippen LogP contribution is 2.33. The number of imidazole rings is 1. The van der Waals surface area contributed by atoms with Crippen molar-refractivity contribution in [3.8, 4) is 0 Å². The maximum Gasteiger partial charge on any atom is 0.240 e. The van der Waals surface area contributed by atoms with Crippen LogP contribution in [-0.2, 0) is 9.47 Å². The molecular formula is C13H16IN5O4. The second-order valence-corrected chi connectivity index (χ2v) is 6.53. The van der Waals surface area contributed by atoms with Gasteiger partial charge in [-0.15, -0.1) is 0 Å². The van der Waals surface area contributed by atoms with E-state index in [2.05, 4.69) is 15.0 Å². The predicted octanol–water partition coefficient (Wildman–Crippen LogP) is 0.665. The maximum atomic E-state index is 9.91. The summed E-state index contributed by atoms with van der Waals surface area (Å²) in [6.45, 7) is 2.85. The minimum atomic E-state index is -1.38. The Kier molecular flexibility index (Phi) is 4.06. The molecule has 9 nitrogen and oxygen atoms in total. The first-order valence-corrected chi connectivity index (χ1v) is 7.95. The number of hydrogen-bond acceptors (Lipinski definition) is 8. The van der Waals surface area contributed by atoms with Gasteiger partial charge in [-0.05, 0) is 0 Å². The minimum absolute atomic E-state index is 0.177. The molecule has 0 unspecified atom stereocenters. The number of aliphatic hydroxyl groups is 2. The lowest BCUT2D eigenvalue weighted by Gasteiger charge is -2.20. The molecule has 0 fully saturated rings. The monoisotopic (exact) mass is 433 g/mol. The van der Waals surface area contributed by atoms with Crippen molar-refractivity contribution in [2.75, 3.05) is 12.3 Å². The highest BCUT2D eigenvalue weighted by molar-refractivity contribution is 14.1. The minimum Gasteiger partial charge on any atom is -0.470 e. The summed E-state index contributed by atoms with van der Waals surface area (Å²) in [7, 11) is 0. The van der Waals surface area contributed by atoms with E-state index in [0.717, 1.165) is 0 Å². The first kappa shape index (κ1) is 16.2. The van der Waals surface area contributed by atoms with E-state index in [-0.39, 0.29) is 12.4 Å². The average molecular weight is 433 g/mol. The Bertz CT molecular complexity index is 782. The Balaban J connectivity index is 2.12. The Morgan fingerprint density at radius 1 is 1.52 bits per heavy atom. The Labute approximate surface area is 145 Å². The van der Waals surface area contributed by atoms with Gasteiger partial charge in [0.15, 0.2) is 26.6 Å². The van der Waals surface area contributed by atoms with Crippen LogP contribution in [0.15, 0.2) is 12.1 Å². The number of nitrogen functional groups attached to an aromatic ring is 1. The molecule has 0 aliphatic carbocycles. The summed E-state index contributed by atoms with van der Waals surface area (Å²) in [5.41, 5.74) is 6.77. The van der Waals surface area contributed by atoms with Crippen LogP contribution in [0, 0.1) is 3.83 Å². The normalized spacial score (nSPS) is 18.6. The third kappa shape index (κ3) is 3.19. The van der Waals surface area contributed by atoms with Gasteiger partial charge in [0.05, 0.1) is 13.0 Å². The molecule has 124 valence electrons. The van der Waals surface area contributed by atoms with E-state index in [1.807, 2.05) is 22.6 Å². The summed E-state index contributed by atoms with van der Waals surface area (Å²) in [4.78, 5) is 12.6. The van der Waals surface area contributed by atoms with E-state index in [1.54, 1.807) is 4.57 Å². The van der Waals surface area contributed by atoms with Gasteiger partial charge < -0.3 is 25.4 Å². The van der Waals surface area contributed by atoms with Crippen LogP contribution in [-0.4, -0.2) is 48.2 Å². The molecule has 1 aliphatic heterocycles. The molecule has 0 spiro atoms. The van der Waals surface area contributed by atoms with Crippen molar-refractivity contribution in [1.82, 2.24) is 19.5 Å². The van der Waals surface area contributed by atoms with E-state index in [1.165, 1.54) is 20.2 Å². The molecule has 3 heterocycles. The maximum absolute atomic E-state index is 9.91. The molecule has 0 radical (unpaired) electrons. The molecular weight excluding hydrogens is 417 g/mol. The second-order valence-electron chi connectivity index (χ2n) is 5.57. The zero-order chi connectivity index (χ0) is 16.8. The van der Waals surface area contributed by atoms with Crippen LogP contribution < -0.4 is 5.73 Å². The van der Waals surface area contributed by atoms with Gasteiger partial charge in [0.2, 0.25) is 11.7 Å². The summed E-state index contributed by atoms with van der Waals surface area (Å²) >= 11 is 1.96. The molecule has 10 heteroatoms. The molecule has 2 aromatic rings. The van der Waals surface area contributed by atoms with Crippen LogP contribution in [0.4, 0.5) is 5.82 Å². The number of halogens is 1. The van der Waals surface area contributed by atoms with Crippen molar-refractivity contribution < 1.29 is 19.7 Å². The van der Waals surface area contributed by atoms with Crippen molar-refractivity contribution in [1.29, 1.82) is 0 Å². The topological polar surface area (TPSA) is 129 Å². The van der Waals surface area contributed by atoms with Crippen LogP contribution >= 0.6 is 22.6 Å². The third-order valence-corrected chi connectivity index (χ3v) is 3.60. The van der Waals surface area contributed by atoms with Crippen LogP contribution in [0.5, 0.6) is 0 Å². The van der Waals surface area contributed by atoms with Crippen molar-refractivity contribution in [3.63, 3.8) is 0 Å². The Hall–Kier alpha value is -1.66. The summed E-state index contributed by atoms with van der Waals surface area (Å²) in [6, 6.07) is 0. The molecule has 0 aromatic carbocycles. The van der Waals surface area contributed by atoms with E-state index in [0.29, 0.717) is 33.1 Å². The zero-order valence-corrected chi connectivity index (χ0v) is 14.7. The quantitative estimate of drug-likeness (QED) is 0.365. The molecule has 23 heavy (non-hydrogen) atoms. The highest BCUT2D eigenvalue weighted by atomic mass is 127. The number of hydrogen-bond donors (Lipinski definition) is 3. The second kappa shape index (κ2) is 5.76. The lowest BCUT2D eigenvalue weighted by molar-refractivity contribution is -0.148. The third-order valence-electron chi connectivity index (χ3n) is 3.12. The summed E-state index contributed by atoms with van der Waals surface area (Å²) in [5, 5.41) is 19.3. The van der Waals surface area contributed by atoms with Crippen LogP contribution in [0.2, 0.25) is 0 Å². The first-order chi connectivity index (χ1) is 10.8. The van der Waals surface area contributed by atoms with Crippen molar-refractivity contribution in [3.05, 3.63) is 15.9 Å². The number of nitrogens with zero attached hydrogens (tertiary/aromatic N) is 4. The number of ether oxygens (including phenoxy) is 2. The standard InChI is InChI=1S/C13H16IN5O4/c1-13(2,21)23-7-3-6(4-20)22-11(7)19-5-16-8-9(15)17-12(14)18-10(8)19/h5-6,20-21H,3-4H2,1-2H3,(H2,15,17,18)/t6-/m0/s1. The summed E-state index contributed by atoms with van der Waals surface area (Å²) in [5.74, 6) is -0.390. The fraction of sp³-hybridized carbons (Fsp3) is 0.462. The highest BCUT2D eigenvalue weighted by Gasteiger charge is 2.32. The van der Waals surface area contributed by atoms with Crippen molar-refractivity contribution in [2.45, 2.75) is 32.2 Å². The van der Waals surface area contributed by atoms with E-state index >= 15 is 0 Å². The van der Waals surface area contributed by atoms with Gasteiger partial charge in [-0.2, -0.15) is 0 Å². The van der Waals surface area contributed by atoms with Crippen LogP contribution in [0.1, 0.15) is 20.3 Å². The number of rotatable bonds is 4. The number of fused-ring (bicyclic) bond motifs is 1. The summed E-state index contributed by atoms with van der Waals surface area (Å²) in [6.07, 6.45) is 1.36. The SMILES string of the molecule is CC(C)(O)OC1=C(n2cnc3c(N)nc(I)nc32)O[C@H](CO)C1. The van der Waals surface area contributed by atoms with Gasteiger partial charge in [-0.25, -0.2) is 19.5 Å². The molecule has 0 saturated carbocycles. The molecule has 4 N–H and O–H groups in total. The summed E-state index contributed by atoms with van der Waals surface area (Å²) < 4.78 is 13.3. The van der Waals surface area contributed by atoms with E-state index in [4.69, 9.17) is 15.2 Å². The van der Waals surface area contributed by atoms with Gasteiger partial charge in [-0.3, -0.25) is 0 Å². The molecule has 0 amide bonds. The van der Waals surface area contributed by atoms with Crippen LogP contribution in [0.25, 0.3) is 17.0 Å². The zero-order valence-electron chi connectivity index (χ0n) is 12.5. The van der Waals surface area contributed by atoms with Gasteiger partial charge in [-0.1, -0.05) is 0 Å². The number of aliphatic hydroxyl groups excluding tert-OH is 1. The Morgan fingerprint density at radius 3 is 2.91 bits per heavy atom. The number of aromatic nitrogens is 4. The first-order valence-electron chi connectivity index (χ1n) is 6.87. The van der Waals surface area contributed by atoms with E-state index < -0.39 is 11.9 Å². The number of anilines is 1. The fourth-order valence-electron chi connectivity index (χ4n) is 2.28. The predicted molar refractivity (Wildman–Crippen MR) is 89.6 cm³/mol. The lowest BCUT2D eigenvalue weighted by atomic mass is 10.2. The average Bonchev–Trinajstić information content (AvgIpc) is 3.00. The van der Waals surface area contributed by atoms with Crippen molar-refractivity contribution >= 4 is 45.5 Å². The molecule has 0 saturated heterocycles. The largest absolute Gasteiger partial charge is 0.470 e. The van der Waals surface area contributed by atoms with Crippen molar-refractivity contribution in [2.24, 2.45) is 0 Å². The molecule has 1 aliphatic rings. The molecule has 1 atom stereocenters.